The van der Waals surface area contributed by atoms with Crippen LogP contribution in [0.5, 0.6) is 5.75 Å². The van der Waals surface area contributed by atoms with Crippen LogP contribution < -0.4 is 15.4 Å². The predicted octanol–water partition coefficient (Wildman–Crippen LogP) is 3.16. The Bertz CT molecular complexity index is 590. The summed E-state index contributed by atoms with van der Waals surface area (Å²) in [6.07, 6.45) is 2.81. The van der Waals surface area contributed by atoms with E-state index in [1.807, 2.05) is 43.0 Å². The maximum absolute atomic E-state index is 11.6. The van der Waals surface area contributed by atoms with Gasteiger partial charge in [-0.05, 0) is 51.3 Å². The third kappa shape index (κ3) is 8.81. The number of likely N-dealkylation sites (tertiary alicyclic amines) is 1. The highest BCUT2D eigenvalue weighted by atomic mass is 127. The SMILES string of the molecule is CCNC(=NCc1ccc(OC(C)C)cc1)NCCCN1CCCC1=O.I. The Hall–Kier alpha value is -1.51. The van der Waals surface area contributed by atoms with Crippen molar-refractivity contribution in [2.45, 2.75) is 52.7 Å². The fourth-order valence-corrected chi connectivity index (χ4v) is 2.87. The largest absolute Gasteiger partial charge is 0.491 e. The summed E-state index contributed by atoms with van der Waals surface area (Å²) in [7, 11) is 0. The standard InChI is InChI=1S/C20H32N4O2.HI/c1-4-21-20(22-12-6-14-24-13-5-7-19(24)25)23-15-17-8-10-18(11-9-17)26-16(2)3;/h8-11,16H,4-7,12-15H2,1-3H3,(H2,21,22,23);1H. The van der Waals surface area contributed by atoms with Crippen molar-refractivity contribution in [3.63, 3.8) is 0 Å². The molecule has 6 nitrogen and oxygen atoms in total. The van der Waals surface area contributed by atoms with Gasteiger partial charge in [-0.25, -0.2) is 4.99 Å². The number of aliphatic imine (C=N–C) groups is 1. The summed E-state index contributed by atoms with van der Waals surface area (Å²) < 4.78 is 5.66. The molecule has 1 aromatic rings. The van der Waals surface area contributed by atoms with E-state index in [0.717, 1.165) is 56.3 Å². The van der Waals surface area contributed by atoms with Crippen molar-refractivity contribution < 1.29 is 9.53 Å². The van der Waals surface area contributed by atoms with Crippen molar-refractivity contribution in [1.29, 1.82) is 0 Å². The average molecular weight is 488 g/mol. The lowest BCUT2D eigenvalue weighted by Crippen LogP contribution is -2.39. The number of hydrogen-bond acceptors (Lipinski definition) is 3. The van der Waals surface area contributed by atoms with Crippen molar-refractivity contribution in [3.05, 3.63) is 29.8 Å². The summed E-state index contributed by atoms with van der Waals surface area (Å²) in [4.78, 5) is 18.2. The number of carbonyl (C=O) groups is 1. The van der Waals surface area contributed by atoms with Crippen molar-refractivity contribution in [2.75, 3.05) is 26.2 Å². The Kier molecular flexibility index (Phi) is 11.2. The first kappa shape index (κ1) is 23.5. The van der Waals surface area contributed by atoms with E-state index in [4.69, 9.17) is 4.74 Å². The maximum Gasteiger partial charge on any atom is 0.222 e. The van der Waals surface area contributed by atoms with E-state index >= 15 is 0 Å². The van der Waals surface area contributed by atoms with Gasteiger partial charge in [-0.15, -0.1) is 24.0 Å². The molecule has 1 aromatic carbocycles. The Balaban J connectivity index is 0.00000364. The fourth-order valence-electron chi connectivity index (χ4n) is 2.87. The van der Waals surface area contributed by atoms with Crippen LogP contribution in [0.4, 0.5) is 0 Å². The molecule has 27 heavy (non-hydrogen) atoms. The fraction of sp³-hybridized carbons (Fsp3) is 0.600. The van der Waals surface area contributed by atoms with Gasteiger partial charge in [0.1, 0.15) is 5.75 Å². The van der Waals surface area contributed by atoms with Gasteiger partial charge in [0, 0.05) is 32.6 Å². The Morgan fingerprint density at radius 1 is 1.26 bits per heavy atom. The molecule has 2 N–H and O–H groups in total. The number of guanidine groups is 1. The molecule has 2 rings (SSSR count). The maximum atomic E-state index is 11.6. The predicted molar refractivity (Wildman–Crippen MR) is 121 cm³/mol. The molecule has 0 aliphatic carbocycles. The molecule has 1 heterocycles. The lowest BCUT2D eigenvalue weighted by Gasteiger charge is -2.16. The summed E-state index contributed by atoms with van der Waals surface area (Å²) >= 11 is 0. The molecule has 0 radical (unpaired) electrons. The van der Waals surface area contributed by atoms with Crippen LogP contribution in [0.25, 0.3) is 0 Å². The molecule has 1 amide bonds. The molecule has 0 bridgehead atoms. The molecule has 0 atom stereocenters. The van der Waals surface area contributed by atoms with Gasteiger partial charge in [-0.1, -0.05) is 12.1 Å². The molecule has 7 heteroatoms. The minimum Gasteiger partial charge on any atom is -0.491 e. The highest BCUT2D eigenvalue weighted by molar-refractivity contribution is 14.0. The molecular formula is C20H33IN4O2. The van der Waals surface area contributed by atoms with E-state index in [0.29, 0.717) is 13.0 Å². The number of nitrogens with one attached hydrogen (secondary N) is 2. The first-order valence-corrected chi connectivity index (χ1v) is 9.64. The lowest BCUT2D eigenvalue weighted by atomic mass is 10.2. The minimum atomic E-state index is 0. The van der Waals surface area contributed by atoms with Crippen LogP contribution in [0.15, 0.2) is 29.3 Å². The van der Waals surface area contributed by atoms with Crippen molar-refractivity contribution in [1.82, 2.24) is 15.5 Å². The van der Waals surface area contributed by atoms with E-state index in [9.17, 15) is 4.79 Å². The highest BCUT2D eigenvalue weighted by Crippen LogP contribution is 2.14. The molecule has 0 unspecified atom stereocenters. The summed E-state index contributed by atoms with van der Waals surface area (Å²) in [5.74, 6) is 1.98. The molecule has 152 valence electrons. The van der Waals surface area contributed by atoms with Gasteiger partial charge in [-0.3, -0.25) is 4.79 Å². The Labute approximate surface area is 180 Å². The monoisotopic (exact) mass is 488 g/mol. The number of rotatable bonds is 9. The van der Waals surface area contributed by atoms with E-state index in [1.165, 1.54) is 0 Å². The third-order valence-electron chi connectivity index (χ3n) is 4.13. The number of carbonyl (C=O) groups excluding carboxylic acids is 1. The highest BCUT2D eigenvalue weighted by Gasteiger charge is 2.18. The van der Waals surface area contributed by atoms with E-state index in [1.54, 1.807) is 0 Å². The second kappa shape index (κ2) is 12.8. The van der Waals surface area contributed by atoms with E-state index < -0.39 is 0 Å². The zero-order valence-electron chi connectivity index (χ0n) is 16.7. The lowest BCUT2D eigenvalue weighted by molar-refractivity contribution is -0.127. The smallest absolute Gasteiger partial charge is 0.222 e. The molecule has 1 aliphatic heterocycles. The van der Waals surface area contributed by atoms with Crippen LogP contribution in [0.3, 0.4) is 0 Å². The van der Waals surface area contributed by atoms with Crippen LogP contribution in [-0.4, -0.2) is 49.0 Å². The first-order chi connectivity index (χ1) is 12.6. The van der Waals surface area contributed by atoms with Crippen molar-refractivity contribution >= 4 is 35.8 Å². The quantitative estimate of drug-likeness (QED) is 0.243. The Morgan fingerprint density at radius 2 is 2.00 bits per heavy atom. The van der Waals surface area contributed by atoms with Gasteiger partial charge in [0.25, 0.3) is 0 Å². The number of amides is 1. The van der Waals surface area contributed by atoms with Crippen molar-refractivity contribution in [2.24, 2.45) is 4.99 Å². The third-order valence-corrected chi connectivity index (χ3v) is 4.13. The van der Waals surface area contributed by atoms with Crippen LogP contribution >= 0.6 is 24.0 Å². The van der Waals surface area contributed by atoms with E-state index in [-0.39, 0.29) is 36.0 Å². The summed E-state index contributed by atoms with van der Waals surface area (Å²) in [5, 5.41) is 6.60. The van der Waals surface area contributed by atoms with Gasteiger partial charge in [0.05, 0.1) is 12.6 Å². The first-order valence-electron chi connectivity index (χ1n) is 9.64. The summed E-state index contributed by atoms with van der Waals surface area (Å²) in [6, 6.07) is 8.06. The molecule has 0 aromatic heterocycles. The second-order valence-electron chi connectivity index (χ2n) is 6.77. The molecule has 1 saturated heterocycles. The van der Waals surface area contributed by atoms with Crippen LogP contribution in [-0.2, 0) is 11.3 Å². The van der Waals surface area contributed by atoms with Gasteiger partial charge in [0.2, 0.25) is 5.91 Å². The zero-order valence-corrected chi connectivity index (χ0v) is 19.0. The number of ether oxygens (including phenoxy) is 1. The number of benzene rings is 1. The normalized spacial score (nSPS) is 14.3. The second-order valence-corrected chi connectivity index (χ2v) is 6.77. The molecule has 1 aliphatic rings. The number of halogens is 1. The van der Waals surface area contributed by atoms with Gasteiger partial charge in [0.15, 0.2) is 5.96 Å². The molecule has 1 fully saturated rings. The topological polar surface area (TPSA) is 66.0 Å². The molecular weight excluding hydrogens is 455 g/mol. The zero-order chi connectivity index (χ0) is 18.8. The van der Waals surface area contributed by atoms with Gasteiger partial charge in [-0.2, -0.15) is 0 Å². The van der Waals surface area contributed by atoms with Crippen molar-refractivity contribution in [3.8, 4) is 5.75 Å². The molecule has 0 spiro atoms. The Morgan fingerprint density at radius 3 is 2.59 bits per heavy atom. The van der Waals surface area contributed by atoms with Crippen LogP contribution in [0.1, 0.15) is 45.6 Å². The minimum absolute atomic E-state index is 0. The molecule has 0 saturated carbocycles. The van der Waals surface area contributed by atoms with E-state index in [2.05, 4.69) is 22.5 Å². The number of hydrogen-bond donors (Lipinski definition) is 2. The average Bonchev–Trinajstić information content (AvgIpc) is 3.02. The summed E-state index contributed by atoms with van der Waals surface area (Å²) in [5.41, 5.74) is 1.14. The summed E-state index contributed by atoms with van der Waals surface area (Å²) in [6.45, 7) is 10.1. The van der Waals surface area contributed by atoms with Gasteiger partial charge < -0.3 is 20.3 Å². The van der Waals surface area contributed by atoms with Crippen LogP contribution in [0.2, 0.25) is 0 Å². The van der Waals surface area contributed by atoms with Crippen LogP contribution in [0, 0.1) is 0 Å². The number of nitrogens with zero attached hydrogens (tertiary/aromatic N) is 2. The van der Waals surface area contributed by atoms with Gasteiger partial charge >= 0.3 is 0 Å².